The fourth-order valence-electron chi connectivity index (χ4n) is 12.7. The van der Waals surface area contributed by atoms with E-state index in [0.29, 0.717) is 26.4 Å². The summed E-state index contributed by atoms with van der Waals surface area (Å²) in [4.78, 5) is 0. The van der Waals surface area contributed by atoms with Gasteiger partial charge < -0.3 is 36.2 Å². The average molecular weight is 1340 g/mol. The van der Waals surface area contributed by atoms with Crippen molar-refractivity contribution in [3.05, 3.63) is 260 Å². The molecule has 3 aliphatic heterocycles. The van der Waals surface area contributed by atoms with E-state index in [1.807, 2.05) is 0 Å². The molecule has 2 fully saturated rings. The van der Waals surface area contributed by atoms with E-state index < -0.39 is 31.2 Å². The summed E-state index contributed by atoms with van der Waals surface area (Å²) in [5, 5.41) is 0. The first-order valence-electron chi connectivity index (χ1n) is 33.6. The van der Waals surface area contributed by atoms with Crippen LogP contribution >= 0.6 is 25.8 Å². The number of rotatable bonds is 13. The van der Waals surface area contributed by atoms with E-state index >= 15 is 0 Å². The lowest BCUT2D eigenvalue weighted by molar-refractivity contribution is -0.0673. The van der Waals surface area contributed by atoms with Crippen LogP contribution in [0.25, 0.3) is 0 Å². The first kappa shape index (κ1) is 71.8. The third kappa shape index (κ3) is 16.0. The molecule has 0 amide bonds. The maximum atomic E-state index is 6.66. The minimum absolute atomic E-state index is 0.0343. The van der Waals surface area contributed by atoms with Crippen molar-refractivity contribution in [1.29, 1.82) is 0 Å². The Balaban J connectivity index is 0.000000245. The van der Waals surface area contributed by atoms with Gasteiger partial charge in [0, 0.05) is 57.4 Å². The monoisotopic (exact) mass is 1340 g/mol. The van der Waals surface area contributed by atoms with Crippen LogP contribution in [0.4, 0.5) is 0 Å². The van der Waals surface area contributed by atoms with Crippen LogP contribution in [0.2, 0.25) is 0 Å². The molecule has 504 valence electrons. The smallest absolute Gasteiger partial charge is 0.426 e. The zero-order valence-electron chi connectivity index (χ0n) is 60.4. The molecule has 12 heteroatoms. The zero-order valence-corrected chi connectivity index (χ0v) is 63.1. The third-order valence-corrected chi connectivity index (χ3v) is 22.5. The maximum Gasteiger partial charge on any atom is 0.462 e. The van der Waals surface area contributed by atoms with E-state index in [1.54, 1.807) is 7.11 Å². The Morgan fingerprint density at radius 2 is 0.600 bits per heavy atom. The van der Waals surface area contributed by atoms with Gasteiger partial charge in [-0.1, -0.05) is 308 Å². The fourth-order valence-corrected chi connectivity index (χ4v) is 16.1. The van der Waals surface area contributed by atoms with Crippen LogP contribution in [0.1, 0.15) is 216 Å². The molecule has 0 unspecified atom stereocenters. The number of hydrogen-bond acceptors (Lipinski definition) is 9. The van der Waals surface area contributed by atoms with Gasteiger partial charge in [0.1, 0.15) is 23.0 Å². The molecule has 0 N–H and O–H groups in total. The van der Waals surface area contributed by atoms with E-state index in [9.17, 15) is 0 Å². The molecule has 1 spiro atoms. The van der Waals surface area contributed by atoms with E-state index in [4.69, 9.17) is 40.7 Å². The van der Waals surface area contributed by atoms with Crippen molar-refractivity contribution in [2.75, 3.05) is 33.5 Å². The van der Waals surface area contributed by atoms with Crippen molar-refractivity contribution >= 4 is 25.8 Å². The first-order chi connectivity index (χ1) is 44.5. The molecule has 3 aliphatic rings. The molecule has 0 saturated carbocycles. The van der Waals surface area contributed by atoms with Crippen LogP contribution in [-0.4, -0.2) is 33.5 Å². The van der Waals surface area contributed by atoms with Gasteiger partial charge >= 0.3 is 25.8 Å². The second kappa shape index (κ2) is 27.8. The SMILES string of the molecule is CC(C)(c1ccccc1)c1ccc(OP2OCC3(CO2)COP(Oc2ccc(C(C)(C)c4ccccc4)cc2C(C)(C)c2ccccc2)OC3)c(C(C)(C)c2ccccc2)c1.COP1Oc2c(cc(C(C)(C)C)cc2C(C)(C)C)Cc2cc(C(C)(C)C)cc(C(C)(C)C)c2O1. The van der Waals surface area contributed by atoms with E-state index in [2.05, 4.69) is 320 Å². The van der Waals surface area contributed by atoms with E-state index in [-0.39, 0.29) is 43.3 Å². The molecular weight excluding hydrogens is 1230 g/mol. The largest absolute Gasteiger partial charge is 0.462 e. The number of fused-ring (bicyclic) bond motifs is 2. The summed E-state index contributed by atoms with van der Waals surface area (Å²) in [6.07, 6.45) is 0.761. The lowest BCUT2D eigenvalue weighted by atomic mass is 9.73. The van der Waals surface area contributed by atoms with Crippen LogP contribution in [0.3, 0.4) is 0 Å². The topological polar surface area (TPSA) is 83.1 Å². The zero-order chi connectivity index (χ0) is 68.7. The van der Waals surface area contributed by atoms with Crippen LogP contribution in [0.5, 0.6) is 23.0 Å². The summed E-state index contributed by atoms with van der Waals surface area (Å²) in [5.74, 6) is 3.34. The molecule has 95 heavy (non-hydrogen) atoms. The second-order valence-corrected chi connectivity index (χ2v) is 35.9. The first-order valence-corrected chi connectivity index (χ1v) is 36.9. The highest BCUT2D eigenvalue weighted by Crippen LogP contribution is 2.57. The van der Waals surface area contributed by atoms with Crippen molar-refractivity contribution in [1.82, 2.24) is 0 Å². The molecule has 11 rings (SSSR count). The summed E-state index contributed by atoms with van der Waals surface area (Å²) in [6, 6.07) is 64.9. The summed E-state index contributed by atoms with van der Waals surface area (Å²) < 4.78 is 57.8. The molecule has 0 bridgehead atoms. The minimum Gasteiger partial charge on any atom is -0.426 e. The quantitative estimate of drug-likeness (QED) is 0.105. The lowest BCUT2D eigenvalue weighted by Crippen LogP contribution is -2.45. The summed E-state index contributed by atoms with van der Waals surface area (Å²) in [7, 11) is -3.25. The lowest BCUT2D eigenvalue weighted by Gasteiger charge is -2.41. The Bertz CT molecular complexity index is 3660. The van der Waals surface area contributed by atoms with Gasteiger partial charge in [0.05, 0.1) is 31.8 Å². The van der Waals surface area contributed by atoms with Gasteiger partial charge in [0.25, 0.3) is 0 Å². The summed E-state index contributed by atoms with van der Waals surface area (Å²) in [5.41, 5.74) is 15.2. The Hall–Kier alpha value is -5.95. The molecule has 0 aromatic heterocycles. The van der Waals surface area contributed by atoms with Crippen LogP contribution in [0, 0.1) is 5.41 Å². The molecule has 8 aromatic carbocycles. The van der Waals surface area contributed by atoms with Crippen molar-refractivity contribution in [3.8, 4) is 23.0 Å². The average Bonchev–Trinajstić information content (AvgIpc) is 0.768. The van der Waals surface area contributed by atoms with Crippen molar-refractivity contribution in [3.63, 3.8) is 0 Å². The standard InChI is InChI=1S/C53H58O6P2.C30H45O3P/c1-49(2,39-21-13-9-14-22-39)43-29-31-47(45(33-43)51(5,6)41-25-17-11-18-26-41)58-60-54-35-53(36-55-60)37-56-61(57-38-53)59-48-32-30-44(50(3,4)40-23-15-10-16-24-40)34-46(48)52(7,8)42-27-19-12-20-28-42;1-27(2,3)21-15-19-14-20-16-22(28(4,5)6)18-24(30(10,11)12)26(20)33-34(31-13)32-25(19)23(17-21)29(7,8)9/h9-34H,35-38H2,1-8H3;15-18H,14H2,1-13H3. The highest BCUT2D eigenvalue weighted by atomic mass is 31.2. The van der Waals surface area contributed by atoms with Crippen molar-refractivity contribution in [2.45, 2.75) is 188 Å². The molecule has 2 saturated heterocycles. The van der Waals surface area contributed by atoms with Gasteiger partial charge in [-0.15, -0.1) is 0 Å². The second-order valence-electron chi connectivity index (χ2n) is 32.4. The van der Waals surface area contributed by atoms with Crippen LogP contribution in [-0.2, 0) is 72.4 Å². The van der Waals surface area contributed by atoms with Crippen molar-refractivity contribution in [2.24, 2.45) is 5.41 Å². The number of hydrogen-bond donors (Lipinski definition) is 0. The number of benzene rings is 8. The van der Waals surface area contributed by atoms with Crippen molar-refractivity contribution < 1.29 is 40.7 Å². The minimum atomic E-state index is -1.67. The Morgan fingerprint density at radius 3 is 0.884 bits per heavy atom. The highest BCUT2D eigenvalue weighted by Gasteiger charge is 2.46. The van der Waals surface area contributed by atoms with Gasteiger partial charge in [-0.25, -0.2) is 0 Å². The van der Waals surface area contributed by atoms with Gasteiger partial charge in [0.2, 0.25) is 0 Å². The van der Waals surface area contributed by atoms with E-state index in [1.165, 1.54) is 66.8 Å². The molecule has 0 radical (unpaired) electrons. The molecular formula is C83H103O9P3. The van der Waals surface area contributed by atoms with Crippen LogP contribution < -0.4 is 18.1 Å². The van der Waals surface area contributed by atoms with Gasteiger partial charge in [0.15, 0.2) is 0 Å². The summed E-state index contributed by atoms with van der Waals surface area (Å²) >= 11 is 0. The normalized spacial score (nSPS) is 18.4. The summed E-state index contributed by atoms with van der Waals surface area (Å²) in [6.45, 7) is 46.7. The Kier molecular flexibility index (Phi) is 21.0. The third-order valence-electron chi connectivity index (χ3n) is 19.5. The predicted molar refractivity (Wildman–Crippen MR) is 394 cm³/mol. The molecule has 3 heterocycles. The van der Waals surface area contributed by atoms with E-state index in [0.717, 1.165) is 40.5 Å². The Labute approximate surface area is 573 Å². The highest BCUT2D eigenvalue weighted by molar-refractivity contribution is 7.43. The van der Waals surface area contributed by atoms with Gasteiger partial charge in [-0.2, -0.15) is 0 Å². The Morgan fingerprint density at radius 1 is 0.305 bits per heavy atom. The fraction of sp³-hybridized carbons (Fsp3) is 0.422. The molecule has 8 aromatic rings. The predicted octanol–water partition coefficient (Wildman–Crippen LogP) is 23.1. The van der Waals surface area contributed by atoms with Gasteiger partial charge in [-0.05, 0) is 89.4 Å². The van der Waals surface area contributed by atoms with Gasteiger partial charge in [-0.3, -0.25) is 4.52 Å². The molecule has 9 nitrogen and oxygen atoms in total. The van der Waals surface area contributed by atoms with Crippen LogP contribution in [0.15, 0.2) is 182 Å². The molecule has 0 aliphatic carbocycles. The maximum absolute atomic E-state index is 6.66. The molecule has 0 atom stereocenters.